The number of methoxy groups -OCH3 is 1. The fraction of sp³-hybridized carbons (Fsp3) is 0.364. The zero-order valence-electron chi connectivity index (χ0n) is 32.4. The number of aliphatic hydroxyl groups excluding tert-OH is 1. The molecular weight excluding hydrogens is 713 g/mol. The molecule has 0 unspecified atom stereocenters. The summed E-state index contributed by atoms with van der Waals surface area (Å²) in [6, 6.07) is 33.3. The molecule has 0 bridgehead atoms. The van der Waals surface area contributed by atoms with E-state index >= 15 is 0 Å². The summed E-state index contributed by atoms with van der Waals surface area (Å²) in [6.07, 6.45) is -0.511. The molecule has 4 aromatic rings. The highest BCUT2D eigenvalue weighted by Gasteiger charge is 2.40. The Kier molecular flexibility index (Phi) is 14.6. The molecule has 56 heavy (non-hydrogen) atoms. The quantitative estimate of drug-likeness (QED) is 0.125. The van der Waals surface area contributed by atoms with Crippen molar-refractivity contribution in [2.75, 3.05) is 32.2 Å². The molecule has 0 aliphatic carbocycles. The molecule has 12 nitrogen and oxygen atoms in total. The Hall–Kier alpha value is -5.72. The smallest absolute Gasteiger partial charge is 0.411 e. The van der Waals surface area contributed by atoms with Crippen LogP contribution in [0.3, 0.4) is 0 Å². The Balaban J connectivity index is 1.31. The Morgan fingerprint density at radius 2 is 1.43 bits per heavy atom. The highest BCUT2D eigenvalue weighted by Crippen LogP contribution is 2.30. The maximum Gasteiger partial charge on any atom is 0.411 e. The molecule has 4 aromatic carbocycles. The lowest BCUT2D eigenvalue weighted by Gasteiger charge is -2.39. The molecule has 0 aromatic heterocycles. The van der Waals surface area contributed by atoms with Gasteiger partial charge in [0.25, 0.3) is 0 Å². The van der Waals surface area contributed by atoms with Gasteiger partial charge in [-0.2, -0.15) is 0 Å². The molecule has 0 radical (unpaired) electrons. The number of nitrogens with zero attached hydrogens (tertiary/aromatic N) is 1. The van der Waals surface area contributed by atoms with Crippen molar-refractivity contribution in [1.29, 1.82) is 0 Å². The van der Waals surface area contributed by atoms with Gasteiger partial charge in [-0.15, -0.1) is 0 Å². The molecular formula is C44H52N4O8. The van der Waals surface area contributed by atoms with Crippen LogP contribution in [-0.2, 0) is 36.6 Å². The first-order valence-electron chi connectivity index (χ1n) is 18.8. The summed E-state index contributed by atoms with van der Waals surface area (Å²) in [5.41, 5.74) is 3.19. The van der Waals surface area contributed by atoms with Crippen LogP contribution in [0.1, 0.15) is 55.4 Å². The van der Waals surface area contributed by atoms with Gasteiger partial charge in [0.05, 0.1) is 39.0 Å². The van der Waals surface area contributed by atoms with Crippen LogP contribution in [0, 0.1) is 0 Å². The SMILES string of the molecule is COC(=O)N[C@H](C(=O)Nc1ccccc1CC[C@@H]1CN(C(=O)OC(C)(C)C)[C@H](C(=O)N[C@H](CO)Cc2ccccc2)CO1)C(c1ccccc1)c1ccccc1. The minimum atomic E-state index is -1.04. The molecule has 4 atom stereocenters. The average Bonchev–Trinajstić information content (AvgIpc) is 3.20. The predicted molar refractivity (Wildman–Crippen MR) is 213 cm³/mol. The number of alkyl carbamates (subject to hydrolysis) is 1. The standard InChI is InChI=1S/C44H52N4O8/c1-44(2,3)56-43(53)48-27-35(55-29-37(48)40(50)45-34(28-49)26-30-16-8-5-9-17-30)25-24-31-18-14-15-23-36(31)46-41(51)39(47-42(52)54-4)38(32-19-10-6-11-20-32)33-21-12-7-13-22-33/h5-23,34-35,37-39,49H,24-29H2,1-4H3,(H,45,50)(H,46,51)(H,47,52)/t34-,35+,37-,39-/m0/s1. The summed E-state index contributed by atoms with van der Waals surface area (Å²) >= 11 is 0. The van der Waals surface area contributed by atoms with Crippen molar-refractivity contribution < 1.29 is 38.5 Å². The summed E-state index contributed by atoms with van der Waals surface area (Å²) in [7, 11) is 1.25. The molecule has 12 heteroatoms. The van der Waals surface area contributed by atoms with E-state index in [2.05, 4.69) is 16.0 Å². The topological polar surface area (TPSA) is 156 Å². The van der Waals surface area contributed by atoms with Crippen molar-refractivity contribution in [2.45, 2.75) is 75.8 Å². The van der Waals surface area contributed by atoms with Crippen LogP contribution >= 0.6 is 0 Å². The average molecular weight is 765 g/mol. The molecule has 0 spiro atoms. The first kappa shape index (κ1) is 41.4. The molecule has 1 aliphatic heterocycles. The molecule has 0 saturated carbocycles. The van der Waals surface area contributed by atoms with Crippen molar-refractivity contribution in [2.24, 2.45) is 0 Å². The number of hydrogen-bond donors (Lipinski definition) is 4. The van der Waals surface area contributed by atoms with E-state index in [1.807, 2.05) is 109 Å². The number of aliphatic hydroxyl groups is 1. The summed E-state index contributed by atoms with van der Waals surface area (Å²) in [5, 5.41) is 18.8. The third-order valence-electron chi connectivity index (χ3n) is 9.49. The number of carbonyl (C=O) groups excluding carboxylic acids is 4. The fourth-order valence-electron chi connectivity index (χ4n) is 6.76. The summed E-state index contributed by atoms with van der Waals surface area (Å²) < 4.78 is 16.9. The fourth-order valence-corrected chi connectivity index (χ4v) is 6.76. The second-order valence-corrected chi connectivity index (χ2v) is 14.8. The van der Waals surface area contributed by atoms with Crippen molar-refractivity contribution in [1.82, 2.24) is 15.5 Å². The molecule has 4 N–H and O–H groups in total. The molecule has 5 rings (SSSR count). The number of ether oxygens (including phenoxy) is 3. The minimum absolute atomic E-state index is 0.0706. The molecule has 296 valence electrons. The summed E-state index contributed by atoms with van der Waals surface area (Å²) in [5.74, 6) is -1.42. The highest BCUT2D eigenvalue weighted by molar-refractivity contribution is 5.98. The van der Waals surface area contributed by atoms with E-state index in [-0.39, 0.29) is 19.8 Å². The van der Waals surface area contributed by atoms with E-state index < -0.39 is 59.7 Å². The number of carbonyl (C=O) groups is 4. The second-order valence-electron chi connectivity index (χ2n) is 14.8. The number of morpholine rings is 1. The van der Waals surface area contributed by atoms with Gasteiger partial charge in [-0.1, -0.05) is 109 Å². The largest absolute Gasteiger partial charge is 0.453 e. The van der Waals surface area contributed by atoms with E-state index in [0.29, 0.717) is 24.9 Å². The van der Waals surface area contributed by atoms with Gasteiger partial charge in [0.1, 0.15) is 17.7 Å². The van der Waals surface area contributed by atoms with Gasteiger partial charge >= 0.3 is 12.2 Å². The third kappa shape index (κ3) is 11.6. The highest BCUT2D eigenvalue weighted by atomic mass is 16.6. The predicted octanol–water partition coefficient (Wildman–Crippen LogP) is 5.84. The number of benzene rings is 4. The lowest BCUT2D eigenvalue weighted by Crippen LogP contribution is -2.60. The maximum atomic E-state index is 14.2. The van der Waals surface area contributed by atoms with Gasteiger partial charge < -0.3 is 35.3 Å². The van der Waals surface area contributed by atoms with Gasteiger partial charge in [-0.25, -0.2) is 9.59 Å². The van der Waals surface area contributed by atoms with Crippen molar-refractivity contribution in [3.05, 3.63) is 138 Å². The number of hydrogen-bond acceptors (Lipinski definition) is 8. The van der Waals surface area contributed by atoms with Crippen LogP contribution in [0.2, 0.25) is 0 Å². The number of para-hydroxylation sites is 1. The minimum Gasteiger partial charge on any atom is -0.453 e. The van der Waals surface area contributed by atoms with Crippen LogP contribution in [0.25, 0.3) is 0 Å². The van der Waals surface area contributed by atoms with E-state index in [9.17, 15) is 24.3 Å². The van der Waals surface area contributed by atoms with Gasteiger partial charge in [-0.3, -0.25) is 14.5 Å². The zero-order chi connectivity index (χ0) is 40.1. The van der Waals surface area contributed by atoms with E-state index in [1.54, 1.807) is 26.8 Å². The van der Waals surface area contributed by atoms with Gasteiger partial charge in [0.2, 0.25) is 11.8 Å². The zero-order valence-corrected chi connectivity index (χ0v) is 32.4. The Labute approximate surface area is 328 Å². The van der Waals surface area contributed by atoms with Crippen LogP contribution in [-0.4, -0.2) is 90.7 Å². The molecule has 1 saturated heterocycles. The van der Waals surface area contributed by atoms with Crippen molar-refractivity contribution >= 4 is 29.7 Å². The van der Waals surface area contributed by atoms with Crippen LogP contribution < -0.4 is 16.0 Å². The summed E-state index contributed by atoms with van der Waals surface area (Å²) in [4.78, 5) is 55.4. The lowest BCUT2D eigenvalue weighted by molar-refractivity contribution is -0.137. The Morgan fingerprint density at radius 1 is 0.839 bits per heavy atom. The first-order chi connectivity index (χ1) is 27.0. The number of anilines is 1. The van der Waals surface area contributed by atoms with Gasteiger partial charge in [0, 0.05) is 11.6 Å². The van der Waals surface area contributed by atoms with E-state index in [0.717, 1.165) is 22.3 Å². The first-order valence-corrected chi connectivity index (χ1v) is 18.8. The second kappa shape index (κ2) is 19.7. The van der Waals surface area contributed by atoms with E-state index in [1.165, 1.54) is 12.0 Å². The molecule has 4 amide bonds. The van der Waals surface area contributed by atoms with E-state index in [4.69, 9.17) is 14.2 Å². The number of rotatable bonds is 14. The molecule has 1 aliphatic rings. The third-order valence-corrected chi connectivity index (χ3v) is 9.49. The van der Waals surface area contributed by atoms with Crippen LogP contribution in [0.15, 0.2) is 115 Å². The Bertz CT molecular complexity index is 1850. The number of nitrogens with one attached hydrogen (secondary N) is 3. The normalized spacial score (nSPS) is 16.6. The Morgan fingerprint density at radius 3 is 2.02 bits per heavy atom. The number of aryl methyl sites for hydroxylation is 1. The van der Waals surface area contributed by atoms with Crippen LogP contribution in [0.5, 0.6) is 0 Å². The lowest BCUT2D eigenvalue weighted by atomic mass is 9.84. The maximum absolute atomic E-state index is 14.2. The van der Waals surface area contributed by atoms with Crippen molar-refractivity contribution in [3.63, 3.8) is 0 Å². The van der Waals surface area contributed by atoms with Crippen LogP contribution in [0.4, 0.5) is 15.3 Å². The monoisotopic (exact) mass is 764 g/mol. The molecule has 1 heterocycles. The van der Waals surface area contributed by atoms with Crippen molar-refractivity contribution in [3.8, 4) is 0 Å². The summed E-state index contributed by atoms with van der Waals surface area (Å²) in [6.45, 7) is 5.02. The number of amides is 4. The van der Waals surface area contributed by atoms with Gasteiger partial charge in [-0.05, 0) is 68.4 Å². The molecule has 1 fully saturated rings. The van der Waals surface area contributed by atoms with Gasteiger partial charge in [0.15, 0.2) is 0 Å².